The smallest absolute Gasteiger partial charge is 0.420 e. The van der Waals surface area contributed by atoms with Gasteiger partial charge in [-0.25, -0.2) is 9.69 Å². The molecule has 1 heterocycles. The lowest BCUT2D eigenvalue weighted by molar-refractivity contribution is -0.148. The first-order valence-electron chi connectivity index (χ1n) is 8.19. The zero-order valence-electron chi connectivity index (χ0n) is 15.8. The summed E-state index contributed by atoms with van der Waals surface area (Å²) in [6.07, 6.45) is -1.17. The Morgan fingerprint density at radius 3 is 2.26 bits per heavy atom. The zero-order valence-corrected chi connectivity index (χ0v) is 16.5. The normalized spacial score (nSPS) is 18.7. The second-order valence-corrected chi connectivity index (χ2v) is 8.35. The van der Waals surface area contributed by atoms with E-state index in [1.165, 1.54) is 46.8 Å². The van der Waals surface area contributed by atoms with Crippen LogP contribution in [0.2, 0.25) is 0 Å². The molecular weight excluding hydrogens is 374 g/mol. The number of nitrogens with zero attached hydrogens (tertiary/aromatic N) is 1. The molecule has 1 unspecified atom stereocenters. The molecule has 9 heteroatoms. The van der Waals surface area contributed by atoms with Crippen LogP contribution in [0, 0.1) is 5.41 Å². The Balaban J connectivity index is 2.54. The highest BCUT2D eigenvalue weighted by Crippen LogP contribution is 2.38. The number of Topliss-reactive ketones (excluding diaryl/α,β-unsaturated/α-hetero) is 1. The molecule has 8 nitrogen and oxygen atoms in total. The Kier molecular flexibility index (Phi) is 5.00. The lowest BCUT2D eigenvalue weighted by atomic mass is 9.84. The van der Waals surface area contributed by atoms with Crippen molar-refractivity contribution in [3.63, 3.8) is 0 Å². The van der Waals surface area contributed by atoms with Gasteiger partial charge < -0.3 is 15.8 Å². The van der Waals surface area contributed by atoms with E-state index >= 15 is 0 Å². The predicted octanol–water partition coefficient (Wildman–Crippen LogP) is 2.52. The van der Waals surface area contributed by atoms with Gasteiger partial charge in [0.1, 0.15) is 0 Å². The number of rotatable bonds is 4. The SMILES string of the molecule is CC(C)(C)C(=O)C(Cl)(C(=O)Nc1cccc(N)c1)N1C(=O)OC(C)(C)C1=O. The molecule has 3 amide bonds. The molecular formula is C18H22ClN3O5. The largest absolute Gasteiger partial charge is 0.433 e. The number of anilines is 2. The number of imide groups is 1. The van der Waals surface area contributed by atoms with Crippen LogP contribution in [0.5, 0.6) is 0 Å². The molecule has 0 aliphatic carbocycles. The van der Waals surface area contributed by atoms with Crippen LogP contribution in [0.4, 0.5) is 16.2 Å². The summed E-state index contributed by atoms with van der Waals surface area (Å²) in [7, 11) is 0. The molecule has 0 saturated carbocycles. The average molecular weight is 396 g/mol. The standard InChI is InChI=1S/C18H22ClN3O5/c1-16(2,3)12(23)18(19,22-14(25)17(4,5)27-15(22)26)13(24)21-11-8-6-7-10(20)9-11/h6-9H,20H2,1-5H3,(H,21,24). The van der Waals surface area contributed by atoms with Gasteiger partial charge in [0.15, 0.2) is 11.4 Å². The van der Waals surface area contributed by atoms with Gasteiger partial charge in [-0.1, -0.05) is 38.4 Å². The van der Waals surface area contributed by atoms with E-state index in [1.807, 2.05) is 0 Å². The van der Waals surface area contributed by atoms with Crippen molar-refractivity contribution in [1.82, 2.24) is 4.90 Å². The maximum atomic E-state index is 13.1. The van der Waals surface area contributed by atoms with Gasteiger partial charge in [-0.2, -0.15) is 0 Å². The van der Waals surface area contributed by atoms with Crippen LogP contribution in [-0.4, -0.2) is 39.2 Å². The second kappa shape index (κ2) is 6.53. The first kappa shape index (κ1) is 20.7. The summed E-state index contributed by atoms with van der Waals surface area (Å²) >= 11 is 6.45. The first-order chi connectivity index (χ1) is 12.2. The van der Waals surface area contributed by atoms with E-state index in [4.69, 9.17) is 22.1 Å². The fraction of sp³-hybridized carbons (Fsp3) is 0.444. The molecule has 146 valence electrons. The number of benzene rings is 1. The quantitative estimate of drug-likeness (QED) is 0.350. The molecule has 1 fully saturated rings. The highest BCUT2D eigenvalue weighted by molar-refractivity contribution is 6.50. The van der Waals surface area contributed by atoms with Crippen molar-refractivity contribution in [2.24, 2.45) is 5.41 Å². The summed E-state index contributed by atoms with van der Waals surface area (Å²) in [6.45, 7) is 7.27. The summed E-state index contributed by atoms with van der Waals surface area (Å²) < 4.78 is 5.00. The highest BCUT2D eigenvalue weighted by atomic mass is 35.5. The molecule has 1 aromatic carbocycles. The molecule has 27 heavy (non-hydrogen) atoms. The number of ketones is 1. The molecule has 1 aliphatic rings. The van der Waals surface area contributed by atoms with Crippen LogP contribution >= 0.6 is 11.6 Å². The van der Waals surface area contributed by atoms with Crippen LogP contribution in [0.3, 0.4) is 0 Å². The number of nitrogen functional groups attached to an aromatic ring is 1. The fourth-order valence-corrected chi connectivity index (χ4v) is 3.04. The minimum Gasteiger partial charge on any atom is -0.433 e. The van der Waals surface area contributed by atoms with E-state index in [2.05, 4.69) is 5.32 Å². The maximum Gasteiger partial charge on any atom is 0.420 e. The van der Waals surface area contributed by atoms with Gasteiger partial charge in [0.25, 0.3) is 16.8 Å². The van der Waals surface area contributed by atoms with Crippen molar-refractivity contribution in [2.45, 2.75) is 45.2 Å². The lowest BCUT2D eigenvalue weighted by Crippen LogP contribution is -2.63. The fourth-order valence-electron chi connectivity index (χ4n) is 2.56. The van der Waals surface area contributed by atoms with Crippen molar-refractivity contribution in [3.8, 4) is 0 Å². The summed E-state index contributed by atoms with van der Waals surface area (Å²) in [5, 5.41) is 2.45. The molecule has 0 spiro atoms. The molecule has 1 atom stereocenters. The number of ether oxygens (including phenoxy) is 1. The third-order valence-corrected chi connectivity index (χ3v) is 4.49. The van der Waals surface area contributed by atoms with Gasteiger partial charge in [0, 0.05) is 16.8 Å². The van der Waals surface area contributed by atoms with Gasteiger partial charge in [0.2, 0.25) is 0 Å². The van der Waals surface area contributed by atoms with Crippen LogP contribution in [-0.2, 0) is 19.1 Å². The molecule has 1 saturated heterocycles. The minimum absolute atomic E-state index is 0.256. The maximum absolute atomic E-state index is 13.1. The van der Waals surface area contributed by atoms with Crippen LogP contribution in [0.15, 0.2) is 24.3 Å². The molecule has 1 aromatic rings. The van der Waals surface area contributed by atoms with Gasteiger partial charge in [0.05, 0.1) is 0 Å². The summed E-state index contributed by atoms with van der Waals surface area (Å²) in [5.41, 5.74) is 3.62. The minimum atomic E-state index is -2.62. The summed E-state index contributed by atoms with van der Waals surface area (Å²) in [5.74, 6) is -2.78. The number of nitrogens with two attached hydrogens (primary N) is 1. The second-order valence-electron chi connectivity index (χ2n) is 7.80. The number of hydrogen-bond donors (Lipinski definition) is 2. The monoisotopic (exact) mass is 395 g/mol. The molecule has 0 radical (unpaired) electrons. The number of nitrogens with one attached hydrogen (secondary N) is 1. The van der Waals surface area contributed by atoms with Crippen LogP contribution in [0.1, 0.15) is 34.6 Å². The Hall–Kier alpha value is -2.61. The van der Waals surface area contributed by atoms with E-state index < -0.39 is 39.7 Å². The third kappa shape index (κ3) is 3.62. The Labute approximate surface area is 162 Å². The van der Waals surface area contributed by atoms with Gasteiger partial charge >= 0.3 is 6.09 Å². The van der Waals surface area contributed by atoms with Gasteiger partial charge in [-0.05, 0) is 32.0 Å². The van der Waals surface area contributed by atoms with Crippen LogP contribution in [0.25, 0.3) is 0 Å². The number of carbonyl (C=O) groups is 4. The molecule has 2 rings (SSSR count). The molecule has 0 aromatic heterocycles. The summed E-state index contributed by atoms with van der Waals surface area (Å²) in [4.78, 5) is 48.8. The predicted molar refractivity (Wildman–Crippen MR) is 99.9 cm³/mol. The summed E-state index contributed by atoms with van der Waals surface area (Å²) in [6, 6.07) is 6.17. The third-order valence-electron chi connectivity index (χ3n) is 3.98. The lowest BCUT2D eigenvalue weighted by Gasteiger charge is -2.35. The number of cyclic esters (lactones) is 1. The van der Waals surface area contributed by atoms with E-state index in [0.29, 0.717) is 10.6 Å². The highest BCUT2D eigenvalue weighted by Gasteiger charge is 2.63. The van der Waals surface area contributed by atoms with Crippen molar-refractivity contribution < 1.29 is 23.9 Å². The van der Waals surface area contributed by atoms with Crippen molar-refractivity contribution in [2.75, 3.05) is 11.1 Å². The number of hydrogen-bond acceptors (Lipinski definition) is 6. The number of amides is 3. The number of halogens is 1. The molecule has 1 aliphatic heterocycles. The van der Waals surface area contributed by atoms with Crippen molar-refractivity contribution in [1.29, 1.82) is 0 Å². The van der Waals surface area contributed by atoms with Gasteiger partial charge in [-0.3, -0.25) is 14.4 Å². The Bertz CT molecular complexity index is 831. The first-order valence-corrected chi connectivity index (χ1v) is 8.57. The topological polar surface area (TPSA) is 119 Å². The molecule has 3 N–H and O–H groups in total. The zero-order chi connectivity index (χ0) is 20.8. The van der Waals surface area contributed by atoms with E-state index in [9.17, 15) is 19.2 Å². The average Bonchev–Trinajstić information content (AvgIpc) is 2.73. The number of carbonyl (C=O) groups excluding carboxylic acids is 4. The Morgan fingerprint density at radius 1 is 1.22 bits per heavy atom. The van der Waals surface area contributed by atoms with Crippen molar-refractivity contribution in [3.05, 3.63) is 24.3 Å². The van der Waals surface area contributed by atoms with E-state index in [0.717, 1.165) is 0 Å². The Morgan fingerprint density at radius 2 is 1.81 bits per heavy atom. The van der Waals surface area contributed by atoms with Crippen molar-refractivity contribution >= 4 is 46.7 Å². The molecule has 0 bridgehead atoms. The van der Waals surface area contributed by atoms with Crippen LogP contribution < -0.4 is 11.1 Å². The number of alkyl halides is 1. The van der Waals surface area contributed by atoms with E-state index in [1.54, 1.807) is 12.1 Å². The van der Waals surface area contributed by atoms with Gasteiger partial charge in [-0.15, -0.1) is 0 Å². The van der Waals surface area contributed by atoms with E-state index in [-0.39, 0.29) is 5.69 Å².